The smallest absolute Gasteiger partial charge is 0.329 e. The third-order valence-corrected chi connectivity index (χ3v) is 3.15. The molecule has 0 spiro atoms. The molecular weight excluding hydrogens is 280 g/mol. The molecule has 7 heteroatoms. The second-order valence-electron chi connectivity index (χ2n) is 4.61. The molecule has 0 aliphatic heterocycles. The molecule has 0 fully saturated rings. The molecule has 0 saturated carbocycles. The Morgan fingerprint density at radius 3 is 2.52 bits per heavy atom. The molecule has 0 amide bonds. The molecule has 0 bridgehead atoms. The number of H-pyrrole nitrogens is 1. The van der Waals surface area contributed by atoms with Crippen LogP contribution in [0.4, 0.5) is 14.6 Å². The number of nitrogens with zero attached hydrogens (tertiary/aromatic N) is 1. The van der Waals surface area contributed by atoms with Crippen molar-refractivity contribution in [2.75, 3.05) is 5.32 Å². The first-order chi connectivity index (χ1) is 9.92. The van der Waals surface area contributed by atoms with Gasteiger partial charge >= 0.3 is 5.69 Å². The van der Waals surface area contributed by atoms with Crippen molar-refractivity contribution >= 4 is 5.82 Å². The number of benzene rings is 1. The average molecular weight is 295 g/mol. The van der Waals surface area contributed by atoms with Crippen LogP contribution in [0, 0.1) is 11.6 Å². The first-order valence-electron chi connectivity index (χ1n) is 6.48. The molecule has 2 rings (SSSR count). The molecule has 1 aromatic carbocycles. The number of anilines is 1. The Morgan fingerprint density at radius 1 is 1.24 bits per heavy atom. The fourth-order valence-electron chi connectivity index (χ4n) is 2.00. The van der Waals surface area contributed by atoms with Crippen molar-refractivity contribution in [3.8, 4) is 0 Å². The van der Waals surface area contributed by atoms with Crippen LogP contribution in [0.1, 0.15) is 25.5 Å². The van der Waals surface area contributed by atoms with Gasteiger partial charge in [0.2, 0.25) is 0 Å². The molecule has 1 aromatic heterocycles. The topological polar surface area (TPSA) is 66.9 Å². The number of halogens is 2. The first kappa shape index (κ1) is 15.0. The Morgan fingerprint density at radius 2 is 1.95 bits per heavy atom. The standard InChI is InChI=1S/C14H15F2N3O2/c1-3-19-13(20)7-12(18-14(19)21)17-8(2)9-4-5-10(15)11(16)6-9/h4-8,17H,3H2,1-2H3,(H,18,21)/t8-/m0/s1. The highest BCUT2D eigenvalue weighted by molar-refractivity contribution is 5.36. The van der Waals surface area contributed by atoms with Gasteiger partial charge in [-0.3, -0.25) is 14.3 Å². The number of aromatic nitrogens is 2. The van der Waals surface area contributed by atoms with Gasteiger partial charge in [-0.25, -0.2) is 13.6 Å². The van der Waals surface area contributed by atoms with Gasteiger partial charge in [-0.2, -0.15) is 0 Å². The Balaban J connectivity index is 2.27. The molecule has 0 aliphatic carbocycles. The van der Waals surface area contributed by atoms with Crippen LogP contribution in [0.15, 0.2) is 33.9 Å². The summed E-state index contributed by atoms with van der Waals surface area (Å²) < 4.78 is 27.1. The van der Waals surface area contributed by atoms with Gasteiger partial charge in [0.05, 0.1) is 0 Å². The quantitative estimate of drug-likeness (QED) is 0.906. The van der Waals surface area contributed by atoms with Gasteiger partial charge < -0.3 is 5.32 Å². The van der Waals surface area contributed by atoms with E-state index in [4.69, 9.17) is 0 Å². The fraction of sp³-hybridized carbons (Fsp3) is 0.286. The van der Waals surface area contributed by atoms with E-state index in [1.54, 1.807) is 13.8 Å². The maximum Gasteiger partial charge on any atom is 0.329 e. The highest BCUT2D eigenvalue weighted by atomic mass is 19.2. The minimum atomic E-state index is -0.948. The van der Waals surface area contributed by atoms with Gasteiger partial charge in [0, 0.05) is 18.7 Å². The van der Waals surface area contributed by atoms with Crippen molar-refractivity contribution in [1.29, 1.82) is 0 Å². The SMILES string of the molecule is CCn1c(=O)cc(N[C@@H](C)c2ccc(F)c(F)c2)[nH]c1=O. The summed E-state index contributed by atoms with van der Waals surface area (Å²) in [6.45, 7) is 3.66. The van der Waals surface area contributed by atoms with E-state index in [-0.39, 0.29) is 12.4 Å². The maximum absolute atomic E-state index is 13.2. The summed E-state index contributed by atoms with van der Waals surface area (Å²) in [6, 6.07) is 4.37. The van der Waals surface area contributed by atoms with Gasteiger partial charge in [-0.05, 0) is 31.5 Å². The van der Waals surface area contributed by atoms with Gasteiger partial charge in [0.15, 0.2) is 11.6 Å². The van der Waals surface area contributed by atoms with E-state index in [2.05, 4.69) is 10.3 Å². The Hall–Kier alpha value is -2.44. The van der Waals surface area contributed by atoms with E-state index in [1.807, 2.05) is 0 Å². The minimum absolute atomic E-state index is 0.229. The molecule has 5 nitrogen and oxygen atoms in total. The van der Waals surface area contributed by atoms with E-state index in [0.717, 1.165) is 16.7 Å². The summed E-state index contributed by atoms with van der Waals surface area (Å²) in [7, 11) is 0. The van der Waals surface area contributed by atoms with Gasteiger partial charge in [0.1, 0.15) is 5.82 Å². The zero-order valence-corrected chi connectivity index (χ0v) is 11.6. The van der Waals surface area contributed by atoms with E-state index >= 15 is 0 Å². The fourth-order valence-corrected chi connectivity index (χ4v) is 2.00. The van der Waals surface area contributed by atoms with Gasteiger partial charge in [0.25, 0.3) is 5.56 Å². The second kappa shape index (κ2) is 5.90. The molecule has 2 aromatic rings. The Bertz CT molecular complexity index is 736. The molecule has 0 saturated heterocycles. The summed E-state index contributed by atoms with van der Waals surface area (Å²) >= 11 is 0. The lowest BCUT2D eigenvalue weighted by Crippen LogP contribution is -2.34. The third-order valence-electron chi connectivity index (χ3n) is 3.15. The molecule has 21 heavy (non-hydrogen) atoms. The van der Waals surface area contributed by atoms with Crippen LogP contribution in [0.25, 0.3) is 0 Å². The van der Waals surface area contributed by atoms with Crippen LogP contribution in [0.3, 0.4) is 0 Å². The monoisotopic (exact) mass is 295 g/mol. The van der Waals surface area contributed by atoms with Gasteiger partial charge in [-0.1, -0.05) is 6.07 Å². The van der Waals surface area contributed by atoms with Crippen LogP contribution in [0.5, 0.6) is 0 Å². The van der Waals surface area contributed by atoms with Crippen molar-refractivity contribution in [2.24, 2.45) is 0 Å². The summed E-state index contributed by atoms with van der Waals surface area (Å²) in [6.07, 6.45) is 0. The first-order valence-corrected chi connectivity index (χ1v) is 6.48. The minimum Gasteiger partial charge on any atom is -0.365 e. The number of hydrogen-bond donors (Lipinski definition) is 2. The average Bonchev–Trinajstić information content (AvgIpc) is 2.41. The van der Waals surface area contributed by atoms with Crippen molar-refractivity contribution in [2.45, 2.75) is 26.4 Å². The Labute approximate surface area is 119 Å². The zero-order valence-electron chi connectivity index (χ0n) is 11.6. The van der Waals surface area contributed by atoms with E-state index in [0.29, 0.717) is 5.56 Å². The van der Waals surface area contributed by atoms with Crippen LogP contribution in [-0.2, 0) is 6.54 Å². The highest BCUT2D eigenvalue weighted by Crippen LogP contribution is 2.18. The molecule has 0 radical (unpaired) electrons. The lowest BCUT2D eigenvalue weighted by atomic mass is 10.1. The van der Waals surface area contributed by atoms with Crippen LogP contribution in [-0.4, -0.2) is 9.55 Å². The second-order valence-corrected chi connectivity index (χ2v) is 4.61. The van der Waals surface area contributed by atoms with Crippen molar-refractivity contribution in [1.82, 2.24) is 9.55 Å². The molecule has 0 unspecified atom stereocenters. The molecule has 2 N–H and O–H groups in total. The maximum atomic E-state index is 13.2. The third kappa shape index (κ3) is 3.18. The number of rotatable bonds is 4. The summed E-state index contributed by atoms with van der Waals surface area (Å²) in [5.41, 5.74) is -0.458. The van der Waals surface area contributed by atoms with Gasteiger partial charge in [-0.15, -0.1) is 0 Å². The Kier molecular flexibility index (Phi) is 4.21. The van der Waals surface area contributed by atoms with E-state index in [1.165, 1.54) is 12.1 Å². The van der Waals surface area contributed by atoms with E-state index in [9.17, 15) is 18.4 Å². The lowest BCUT2D eigenvalue weighted by Gasteiger charge is -2.15. The predicted molar refractivity (Wildman–Crippen MR) is 75.4 cm³/mol. The van der Waals surface area contributed by atoms with Crippen molar-refractivity contribution < 1.29 is 8.78 Å². The lowest BCUT2D eigenvalue weighted by molar-refractivity contribution is 0.506. The van der Waals surface area contributed by atoms with Crippen LogP contribution < -0.4 is 16.6 Å². The molecular formula is C14H15F2N3O2. The summed E-state index contributed by atoms with van der Waals surface area (Å²) in [4.78, 5) is 25.9. The predicted octanol–water partition coefficient (Wildman–Crippen LogP) is 2.01. The molecule has 112 valence electrons. The van der Waals surface area contributed by atoms with E-state index < -0.39 is 28.9 Å². The normalized spacial score (nSPS) is 12.2. The molecule has 1 atom stereocenters. The number of hydrogen-bond acceptors (Lipinski definition) is 3. The van der Waals surface area contributed by atoms with Crippen molar-refractivity contribution in [3.63, 3.8) is 0 Å². The zero-order chi connectivity index (χ0) is 15.6. The van der Waals surface area contributed by atoms with Crippen LogP contribution in [0.2, 0.25) is 0 Å². The number of nitrogens with one attached hydrogen (secondary N) is 2. The highest BCUT2D eigenvalue weighted by Gasteiger charge is 2.10. The summed E-state index contributed by atoms with van der Waals surface area (Å²) in [5.74, 6) is -1.65. The molecule has 1 heterocycles. The summed E-state index contributed by atoms with van der Waals surface area (Å²) in [5, 5.41) is 2.88. The van der Waals surface area contributed by atoms with Crippen LogP contribution >= 0.6 is 0 Å². The van der Waals surface area contributed by atoms with Crippen molar-refractivity contribution in [3.05, 3.63) is 62.3 Å². The largest absolute Gasteiger partial charge is 0.365 e. The molecule has 0 aliphatic rings. The number of aromatic amines is 1.